The minimum atomic E-state index is -0.252. The van der Waals surface area contributed by atoms with E-state index in [0.29, 0.717) is 17.3 Å². The van der Waals surface area contributed by atoms with Gasteiger partial charge in [0.05, 0.1) is 12.2 Å². The van der Waals surface area contributed by atoms with Gasteiger partial charge in [0.25, 0.3) is 0 Å². The van der Waals surface area contributed by atoms with Gasteiger partial charge in [-0.25, -0.2) is 0 Å². The Morgan fingerprint density at radius 2 is 1.96 bits per heavy atom. The van der Waals surface area contributed by atoms with Crippen LogP contribution in [0.4, 0.5) is 5.69 Å². The van der Waals surface area contributed by atoms with E-state index in [4.69, 9.17) is 0 Å². The molecule has 1 fully saturated rings. The van der Waals surface area contributed by atoms with Crippen LogP contribution in [0.1, 0.15) is 34.8 Å². The standard InChI is InChI=1S/C21H18N4O2/c26-14-15-1-4-18(5-2-15)24-21(27)8-3-16-11-22-10-9-20(16)17-12-23-25(13-17)19-6-7-19/h1-5,8-14,19H,6-7H2,(H,24,27)/b8-3+. The molecule has 1 aliphatic rings. The lowest BCUT2D eigenvalue weighted by molar-refractivity contribution is -0.111. The quantitative estimate of drug-likeness (QED) is 0.538. The van der Waals surface area contributed by atoms with Crippen molar-refractivity contribution in [2.45, 2.75) is 18.9 Å². The van der Waals surface area contributed by atoms with Crippen molar-refractivity contribution < 1.29 is 9.59 Å². The molecular formula is C21H18N4O2. The van der Waals surface area contributed by atoms with Gasteiger partial charge >= 0.3 is 0 Å². The first-order chi connectivity index (χ1) is 13.2. The van der Waals surface area contributed by atoms with Crippen LogP contribution in [0.25, 0.3) is 17.2 Å². The zero-order valence-corrected chi connectivity index (χ0v) is 14.6. The zero-order chi connectivity index (χ0) is 18.6. The molecule has 4 rings (SSSR count). The maximum Gasteiger partial charge on any atom is 0.248 e. The molecule has 6 heteroatoms. The van der Waals surface area contributed by atoms with Crippen molar-refractivity contribution in [1.29, 1.82) is 0 Å². The second-order valence-corrected chi connectivity index (χ2v) is 6.47. The predicted molar refractivity (Wildman–Crippen MR) is 103 cm³/mol. The molecule has 1 amide bonds. The fourth-order valence-electron chi connectivity index (χ4n) is 2.81. The largest absolute Gasteiger partial charge is 0.323 e. The summed E-state index contributed by atoms with van der Waals surface area (Å²) in [4.78, 5) is 27.0. The number of pyridine rings is 1. The lowest BCUT2D eigenvalue weighted by Gasteiger charge is -2.04. The summed E-state index contributed by atoms with van der Waals surface area (Å²) < 4.78 is 2.00. The summed E-state index contributed by atoms with van der Waals surface area (Å²) in [7, 11) is 0. The Bertz CT molecular complexity index is 1000. The molecule has 0 aliphatic heterocycles. The Balaban J connectivity index is 1.49. The van der Waals surface area contributed by atoms with Gasteiger partial charge in [-0.2, -0.15) is 5.10 Å². The molecule has 0 spiro atoms. The van der Waals surface area contributed by atoms with Gasteiger partial charge < -0.3 is 5.32 Å². The average molecular weight is 358 g/mol. The molecule has 6 nitrogen and oxygen atoms in total. The third-order valence-corrected chi connectivity index (χ3v) is 4.41. The molecule has 0 saturated heterocycles. The van der Waals surface area contributed by atoms with E-state index in [-0.39, 0.29) is 5.91 Å². The summed E-state index contributed by atoms with van der Waals surface area (Å²) >= 11 is 0. The Morgan fingerprint density at radius 3 is 2.70 bits per heavy atom. The summed E-state index contributed by atoms with van der Waals surface area (Å²) in [6.07, 6.45) is 13.7. The summed E-state index contributed by atoms with van der Waals surface area (Å²) in [6, 6.07) is 9.14. The lowest BCUT2D eigenvalue weighted by atomic mass is 10.0. The van der Waals surface area contributed by atoms with Gasteiger partial charge in [-0.3, -0.25) is 19.3 Å². The monoisotopic (exact) mass is 358 g/mol. The van der Waals surface area contributed by atoms with Crippen LogP contribution in [0.5, 0.6) is 0 Å². The smallest absolute Gasteiger partial charge is 0.248 e. The van der Waals surface area contributed by atoms with Crippen LogP contribution in [0.2, 0.25) is 0 Å². The van der Waals surface area contributed by atoms with E-state index in [1.54, 1.807) is 42.7 Å². The predicted octanol–water partition coefficient (Wildman–Crippen LogP) is 3.74. The van der Waals surface area contributed by atoms with Crippen molar-refractivity contribution in [2.75, 3.05) is 5.32 Å². The Morgan fingerprint density at radius 1 is 1.15 bits per heavy atom. The number of nitrogens with zero attached hydrogens (tertiary/aromatic N) is 3. The van der Waals surface area contributed by atoms with E-state index in [0.717, 1.165) is 23.0 Å². The number of nitrogens with one attached hydrogen (secondary N) is 1. The van der Waals surface area contributed by atoms with Crippen LogP contribution < -0.4 is 5.32 Å². The third-order valence-electron chi connectivity index (χ3n) is 4.41. The minimum absolute atomic E-state index is 0.252. The van der Waals surface area contributed by atoms with E-state index >= 15 is 0 Å². The molecule has 27 heavy (non-hydrogen) atoms. The minimum Gasteiger partial charge on any atom is -0.323 e. The topological polar surface area (TPSA) is 76.9 Å². The number of hydrogen-bond donors (Lipinski definition) is 1. The van der Waals surface area contributed by atoms with Crippen LogP contribution >= 0.6 is 0 Å². The first kappa shape index (κ1) is 16.9. The van der Waals surface area contributed by atoms with Gasteiger partial charge in [0.15, 0.2) is 0 Å². The van der Waals surface area contributed by atoms with Crippen LogP contribution in [-0.2, 0) is 4.79 Å². The molecule has 2 aromatic heterocycles. The molecule has 1 aromatic carbocycles. The number of benzene rings is 1. The van der Waals surface area contributed by atoms with Crippen LogP contribution in [0, 0.1) is 0 Å². The highest BCUT2D eigenvalue weighted by Gasteiger charge is 2.24. The maximum atomic E-state index is 12.2. The van der Waals surface area contributed by atoms with Crippen molar-refractivity contribution in [3.8, 4) is 11.1 Å². The molecule has 2 heterocycles. The number of rotatable bonds is 6. The molecule has 1 N–H and O–H groups in total. The first-order valence-corrected chi connectivity index (χ1v) is 8.76. The van der Waals surface area contributed by atoms with Gasteiger partial charge in [-0.15, -0.1) is 0 Å². The van der Waals surface area contributed by atoms with Crippen molar-refractivity contribution >= 4 is 24.0 Å². The fraction of sp³-hybridized carbons (Fsp3) is 0.143. The second kappa shape index (κ2) is 7.37. The number of anilines is 1. The van der Waals surface area contributed by atoms with Crippen molar-refractivity contribution in [1.82, 2.24) is 14.8 Å². The molecule has 0 radical (unpaired) electrons. The van der Waals surface area contributed by atoms with Crippen LogP contribution in [-0.4, -0.2) is 27.0 Å². The summed E-state index contributed by atoms with van der Waals surface area (Å²) in [5.74, 6) is -0.252. The van der Waals surface area contributed by atoms with E-state index in [2.05, 4.69) is 15.4 Å². The Labute approximate surface area is 156 Å². The molecule has 0 bridgehead atoms. The van der Waals surface area contributed by atoms with Gasteiger partial charge in [-0.05, 0) is 54.8 Å². The molecule has 0 atom stereocenters. The van der Waals surface area contributed by atoms with E-state index < -0.39 is 0 Å². The molecule has 1 aliphatic carbocycles. The van der Waals surface area contributed by atoms with E-state index in [1.807, 2.05) is 23.1 Å². The summed E-state index contributed by atoms with van der Waals surface area (Å²) in [5.41, 5.74) is 4.03. The highest BCUT2D eigenvalue weighted by Crippen LogP contribution is 2.35. The third kappa shape index (κ3) is 4.00. The van der Waals surface area contributed by atoms with Gasteiger partial charge in [-0.1, -0.05) is 0 Å². The lowest BCUT2D eigenvalue weighted by Crippen LogP contribution is -2.07. The fourth-order valence-corrected chi connectivity index (χ4v) is 2.81. The van der Waals surface area contributed by atoms with E-state index in [9.17, 15) is 9.59 Å². The number of carbonyl (C=O) groups is 2. The van der Waals surface area contributed by atoms with Crippen molar-refractivity contribution in [3.63, 3.8) is 0 Å². The van der Waals surface area contributed by atoms with Gasteiger partial charge in [0, 0.05) is 47.0 Å². The van der Waals surface area contributed by atoms with E-state index in [1.165, 1.54) is 18.9 Å². The summed E-state index contributed by atoms with van der Waals surface area (Å²) in [6.45, 7) is 0. The SMILES string of the molecule is O=Cc1ccc(NC(=O)/C=C/c2cnccc2-c2cnn(C3CC3)c2)cc1. The zero-order valence-electron chi connectivity index (χ0n) is 14.6. The van der Waals surface area contributed by atoms with Crippen molar-refractivity contribution in [3.05, 3.63) is 72.3 Å². The maximum absolute atomic E-state index is 12.2. The Kier molecular flexibility index (Phi) is 4.61. The van der Waals surface area contributed by atoms with Gasteiger partial charge in [0.1, 0.15) is 6.29 Å². The van der Waals surface area contributed by atoms with Crippen LogP contribution in [0.3, 0.4) is 0 Å². The first-order valence-electron chi connectivity index (χ1n) is 8.76. The highest BCUT2D eigenvalue weighted by molar-refractivity contribution is 6.02. The molecule has 1 saturated carbocycles. The van der Waals surface area contributed by atoms with Crippen LogP contribution in [0.15, 0.2) is 61.2 Å². The molecule has 0 unspecified atom stereocenters. The molecule has 3 aromatic rings. The van der Waals surface area contributed by atoms with Gasteiger partial charge in [0.2, 0.25) is 5.91 Å². The normalized spacial score (nSPS) is 13.6. The number of aromatic nitrogens is 3. The number of carbonyl (C=O) groups excluding carboxylic acids is 2. The van der Waals surface area contributed by atoms with Crippen molar-refractivity contribution in [2.24, 2.45) is 0 Å². The molecule has 134 valence electrons. The number of aldehydes is 1. The number of hydrogen-bond acceptors (Lipinski definition) is 4. The average Bonchev–Trinajstić information content (AvgIpc) is 3.44. The molecular weight excluding hydrogens is 340 g/mol. The second-order valence-electron chi connectivity index (χ2n) is 6.47. The Hall–Kier alpha value is -3.54. The number of amides is 1. The summed E-state index contributed by atoms with van der Waals surface area (Å²) in [5, 5.41) is 7.20. The highest BCUT2D eigenvalue weighted by atomic mass is 16.1.